The third-order valence-corrected chi connectivity index (χ3v) is 4.09. The van der Waals surface area contributed by atoms with Gasteiger partial charge in [-0.3, -0.25) is 0 Å². The Morgan fingerprint density at radius 1 is 1.12 bits per heavy atom. The van der Waals surface area contributed by atoms with Gasteiger partial charge in [-0.2, -0.15) is 4.98 Å². The van der Waals surface area contributed by atoms with Crippen LogP contribution in [0.3, 0.4) is 0 Å². The van der Waals surface area contributed by atoms with E-state index in [9.17, 15) is 5.11 Å². The predicted octanol–water partition coefficient (Wildman–Crippen LogP) is 3.81. The summed E-state index contributed by atoms with van der Waals surface area (Å²) >= 11 is 0. The van der Waals surface area contributed by atoms with Crippen molar-refractivity contribution in [3.05, 3.63) is 47.3 Å². The zero-order valence-corrected chi connectivity index (χ0v) is 16.1. The smallest absolute Gasteiger partial charge is 0.316 e. The summed E-state index contributed by atoms with van der Waals surface area (Å²) in [5.74, 6) is 0.645. The summed E-state index contributed by atoms with van der Waals surface area (Å²) < 4.78 is 5.11. The lowest BCUT2D eigenvalue weighted by molar-refractivity contribution is 0.301. The van der Waals surface area contributed by atoms with E-state index < -0.39 is 0 Å². The molecule has 5 heteroatoms. The van der Waals surface area contributed by atoms with E-state index in [-0.39, 0.29) is 6.61 Å². The molecule has 5 nitrogen and oxygen atoms in total. The number of hydrogen-bond donors (Lipinski definition) is 1. The van der Waals surface area contributed by atoms with Crippen LogP contribution in [-0.4, -0.2) is 41.9 Å². The third-order valence-electron chi connectivity index (χ3n) is 4.09. The van der Waals surface area contributed by atoms with Crippen LogP contribution >= 0.6 is 0 Å². The number of hydrogen-bond acceptors (Lipinski definition) is 5. The summed E-state index contributed by atoms with van der Waals surface area (Å²) in [6.45, 7) is 8.12. The van der Waals surface area contributed by atoms with Crippen LogP contribution in [0.5, 0.6) is 6.01 Å². The highest BCUT2D eigenvalue weighted by atomic mass is 16.5. The largest absolute Gasteiger partial charge is 0.467 e. The van der Waals surface area contributed by atoms with E-state index in [4.69, 9.17) is 4.74 Å². The van der Waals surface area contributed by atoms with Crippen LogP contribution in [0.1, 0.15) is 37.2 Å². The molecule has 0 unspecified atom stereocenters. The molecule has 0 saturated heterocycles. The molecule has 0 spiro atoms. The Labute approximate surface area is 156 Å². The summed E-state index contributed by atoms with van der Waals surface area (Å²) in [5, 5.41) is 9.32. The van der Waals surface area contributed by atoms with Crippen molar-refractivity contribution in [2.24, 2.45) is 5.92 Å². The molecule has 2 rings (SSSR count). The lowest BCUT2D eigenvalue weighted by Crippen LogP contribution is -2.28. The number of aryl methyl sites for hydroxylation is 1. The van der Waals surface area contributed by atoms with Gasteiger partial charge in [0, 0.05) is 24.5 Å². The zero-order valence-electron chi connectivity index (χ0n) is 16.1. The van der Waals surface area contributed by atoms with Gasteiger partial charge >= 0.3 is 6.01 Å². The lowest BCUT2D eigenvalue weighted by Gasteiger charge is -2.25. The van der Waals surface area contributed by atoms with Gasteiger partial charge in [0.15, 0.2) is 0 Å². The zero-order chi connectivity index (χ0) is 18.9. The minimum absolute atomic E-state index is 0.161. The van der Waals surface area contributed by atoms with Gasteiger partial charge in [0.1, 0.15) is 0 Å². The average molecular weight is 355 g/mol. The first-order valence-electron chi connectivity index (χ1n) is 9.05. The van der Waals surface area contributed by atoms with E-state index in [0.717, 1.165) is 35.6 Å². The van der Waals surface area contributed by atoms with Crippen molar-refractivity contribution in [2.45, 2.75) is 27.2 Å². The van der Waals surface area contributed by atoms with Crippen LogP contribution in [0.2, 0.25) is 0 Å². The number of methoxy groups -OCH3 is 1. The van der Waals surface area contributed by atoms with Crippen molar-refractivity contribution < 1.29 is 9.84 Å². The minimum atomic E-state index is 0.161. The van der Waals surface area contributed by atoms with Crippen LogP contribution < -0.4 is 9.64 Å². The van der Waals surface area contributed by atoms with Crippen LogP contribution in [0.25, 0.3) is 12.2 Å². The SMILES string of the molecule is COc1nc(C)cc(/C=C/c2ccc(N(CCO)CCC(C)C)cc2)n1. The highest BCUT2D eigenvalue weighted by molar-refractivity contribution is 5.69. The molecular weight excluding hydrogens is 326 g/mol. The number of aliphatic hydroxyl groups is 1. The second-order valence-electron chi connectivity index (χ2n) is 6.74. The van der Waals surface area contributed by atoms with E-state index in [0.29, 0.717) is 18.5 Å². The lowest BCUT2D eigenvalue weighted by atomic mass is 10.1. The maximum Gasteiger partial charge on any atom is 0.316 e. The number of aliphatic hydroxyl groups excluding tert-OH is 1. The Bertz CT molecular complexity index is 712. The summed E-state index contributed by atoms with van der Waals surface area (Å²) in [6, 6.07) is 10.7. The molecule has 0 aliphatic rings. The Hall–Kier alpha value is -2.40. The van der Waals surface area contributed by atoms with E-state index in [1.165, 1.54) is 0 Å². The molecule has 1 heterocycles. The maximum absolute atomic E-state index is 9.32. The Balaban J connectivity index is 2.09. The van der Waals surface area contributed by atoms with Gasteiger partial charge < -0.3 is 14.7 Å². The molecule has 26 heavy (non-hydrogen) atoms. The van der Waals surface area contributed by atoms with Crippen LogP contribution in [0, 0.1) is 12.8 Å². The molecule has 0 fully saturated rings. The monoisotopic (exact) mass is 355 g/mol. The fraction of sp³-hybridized carbons (Fsp3) is 0.429. The van der Waals surface area contributed by atoms with Crippen LogP contribution in [0.15, 0.2) is 30.3 Å². The molecule has 2 aromatic rings. The molecule has 0 saturated carbocycles. The van der Waals surface area contributed by atoms with Gasteiger partial charge in [0.25, 0.3) is 0 Å². The number of rotatable bonds is 9. The topological polar surface area (TPSA) is 58.5 Å². The van der Waals surface area contributed by atoms with Gasteiger partial charge in [-0.15, -0.1) is 0 Å². The Morgan fingerprint density at radius 2 is 1.85 bits per heavy atom. The number of ether oxygens (including phenoxy) is 1. The Morgan fingerprint density at radius 3 is 2.46 bits per heavy atom. The van der Waals surface area contributed by atoms with Crippen molar-refractivity contribution >= 4 is 17.8 Å². The number of nitrogens with zero attached hydrogens (tertiary/aromatic N) is 3. The highest BCUT2D eigenvalue weighted by Crippen LogP contribution is 2.18. The van der Waals surface area contributed by atoms with Crippen molar-refractivity contribution in [3.8, 4) is 6.01 Å². The Kier molecular flexibility index (Phi) is 7.60. The summed E-state index contributed by atoms with van der Waals surface area (Å²) in [4.78, 5) is 10.7. The molecule has 0 radical (unpaired) electrons. The van der Waals surface area contributed by atoms with Gasteiger partial charge in [-0.25, -0.2) is 4.98 Å². The normalized spacial score (nSPS) is 11.3. The van der Waals surface area contributed by atoms with Gasteiger partial charge in [-0.1, -0.05) is 32.1 Å². The quantitative estimate of drug-likeness (QED) is 0.741. The number of anilines is 1. The average Bonchev–Trinajstić information content (AvgIpc) is 2.63. The number of aromatic nitrogens is 2. The molecule has 0 aliphatic carbocycles. The van der Waals surface area contributed by atoms with E-state index in [1.807, 2.05) is 25.1 Å². The molecule has 1 aromatic heterocycles. The summed E-state index contributed by atoms with van der Waals surface area (Å²) in [5.41, 5.74) is 3.92. The highest BCUT2D eigenvalue weighted by Gasteiger charge is 2.07. The van der Waals surface area contributed by atoms with Crippen molar-refractivity contribution in [2.75, 3.05) is 31.7 Å². The second kappa shape index (κ2) is 9.92. The standard InChI is InChI=1S/C21H29N3O2/c1-16(2)11-12-24(13-14-25)20-9-6-18(7-10-20)5-8-19-15-17(3)22-21(23-19)26-4/h5-10,15-16,25H,11-14H2,1-4H3/b8-5+. The second-order valence-corrected chi connectivity index (χ2v) is 6.74. The van der Waals surface area contributed by atoms with Crippen LogP contribution in [0.4, 0.5) is 5.69 Å². The van der Waals surface area contributed by atoms with E-state index >= 15 is 0 Å². The van der Waals surface area contributed by atoms with Gasteiger partial charge in [0.2, 0.25) is 0 Å². The first kappa shape index (κ1) is 19.9. The third kappa shape index (κ3) is 6.15. The van der Waals surface area contributed by atoms with Crippen molar-refractivity contribution in [1.29, 1.82) is 0 Å². The molecule has 1 aromatic carbocycles. The first-order valence-corrected chi connectivity index (χ1v) is 9.05. The molecular formula is C21H29N3O2. The molecule has 0 aliphatic heterocycles. The molecule has 0 bridgehead atoms. The summed E-state index contributed by atoms with van der Waals surface area (Å²) in [7, 11) is 1.57. The van der Waals surface area contributed by atoms with Crippen LogP contribution in [-0.2, 0) is 0 Å². The predicted molar refractivity (Wildman–Crippen MR) is 107 cm³/mol. The van der Waals surface area contributed by atoms with Gasteiger partial charge in [0.05, 0.1) is 19.4 Å². The minimum Gasteiger partial charge on any atom is -0.467 e. The molecule has 1 N–H and O–H groups in total. The molecule has 0 amide bonds. The first-order chi connectivity index (χ1) is 12.5. The van der Waals surface area contributed by atoms with E-state index in [1.54, 1.807) is 7.11 Å². The fourth-order valence-corrected chi connectivity index (χ4v) is 2.62. The van der Waals surface area contributed by atoms with Crippen molar-refractivity contribution in [3.63, 3.8) is 0 Å². The maximum atomic E-state index is 9.32. The van der Waals surface area contributed by atoms with Gasteiger partial charge in [-0.05, 0) is 49.1 Å². The molecule has 140 valence electrons. The summed E-state index contributed by atoms with van der Waals surface area (Å²) in [6.07, 6.45) is 5.09. The molecule has 0 atom stereocenters. The number of benzene rings is 1. The van der Waals surface area contributed by atoms with E-state index in [2.05, 4.69) is 53.0 Å². The fourth-order valence-electron chi connectivity index (χ4n) is 2.62. The van der Waals surface area contributed by atoms with Crippen molar-refractivity contribution in [1.82, 2.24) is 9.97 Å².